The lowest BCUT2D eigenvalue weighted by Crippen LogP contribution is -2.46. The largest absolute Gasteiger partial charge is 0.688 e. The number of hydrogen-bond acceptors (Lipinski definition) is 3. The van der Waals surface area contributed by atoms with Gasteiger partial charge < -0.3 is 13.3 Å². The minimum Gasteiger partial charge on any atom is -0.688 e. The summed E-state index contributed by atoms with van der Waals surface area (Å²) in [6.07, 6.45) is 0. The number of halogens is 2. The molecule has 0 saturated heterocycles. The van der Waals surface area contributed by atoms with Gasteiger partial charge in [0.1, 0.15) is 11.5 Å². The molecule has 0 N–H and O–H groups in total. The summed E-state index contributed by atoms with van der Waals surface area (Å²) < 4.78 is 21.1. The Labute approximate surface area is 214 Å². The zero-order valence-corrected chi connectivity index (χ0v) is 28.4. The van der Waals surface area contributed by atoms with Gasteiger partial charge in [0.15, 0.2) is 0 Å². The van der Waals surface area contributed by atoms with Crippen LogP contribution in [0.5, 0.6) is 17.2 Å². The molecule has 1 aromatic rings. The van der Waals surface area contributed by atoms with Crippen LogP contribution in [0.1, 0.15) is 62.3 Å². The number of rotatable bonds is 6. The fourth-order valence-electron chi connectivity index (χ4n) is 2.07. The fourth-order valence-corrected chi connectivity index (χ4v) is 6.16. The third-order valence-corrected chi connectivity index (χ3v) is 21.6. The lowest BCUT2D eigenvalue weighted by atomic mass is 10.2. The highest BCUT2D eigenvalue weighted by molar-refractivity contribution is 9.10. The molecule has 189 valence electrons. The summed E-state index contributed by atoms with van der Waals surface area (Å²) in [6.45, 7) is 33.5. The molecule has 0 atom stereocenters. The maximum Gasteiger partial charge on any atom is 0.132 e. The van der Waals surface area contributed by atoms with Crippen LogP contribution in [-0.4, -0.2) is 25.0 Å². The fraction of sp³-hybridized carbons (Fsp3) is 0.750. The molecule has 0 amide bonds. The summed E-state index contributed by atoms with van der Waals surface area (Å²) in [5, 5.41) is 0.674. The predicted octanol–water partition coefficient (Wildman–Crippen LogP) is 10.3. The molecule has 0 unspecified atom stereocenters. The van der Waals surface area contributed by atoms with Crippen molar-refractivity contribution in [3.05, 3.63) is 15.6 Å². The Bertz CT molecular complexity index is 833. The van der Waals surface area contributed by atoms with Gasteiger partial charge in [-0.1, -0.05) is 73.9 Å². The van der Waals surface area contributed by atoms with Crippen molar-refractivity contribution in [3.8, 4) is 17.2 Å². The topological polar surface area (TPSA) is 27.7 Å². The molecule has 1 aromatic carbocycles. The lowest BCUT2D eigenvalue weighted by Gasteiger charge is -2.53. The molecule has 0 aromatic heterocycles. The monoisotopic (exact) mass is 580 g/mol. The normalized spacial score (nSPS) is 14.4. The Morgan fingerprint density at radius 1 is 0.625 bits per heavy atom. The summed E-state index contributed by atoms with van der Waals surface area (Å²) in [5.74, 6) is 2.05. The van der Waals surface area contributed by atoms with Crippen LogP contribution in [0.3, 0.4) is 0 Å². The van der Waals surface area contributed by atoms with Gasteiger partial charge in [0.05, 0.1) is 15.2 Å². The molecular weight excluding hydrogens is 536 g/mol. The standard InChI is InChI=1S/C24H46BrClO3Si3/c1-22(2,3)30(10,11)27-18-16-17(26)20(28-31(12,13)23(4,5)6)21(19(18)25)29-32(14,15)24(7,8)9/h16H,1-15H3/q-3. The van der Waals surface area contributed by atoms with Crippen molar-refractivity contribution in [2.45, 2.75) is 117 Å². The second-order valence-electron chi connectivity index (χ2n) is 13.4. The lowest BCUT2D eigenvalue weighted by molar-refractivity contribution is 0.432. The Kier molecular flexibility index (Phi) is 8.69. The highest BCUT2D eigenvalue weighted by Gasteiger charge is 2.33. The Morgan fingerprint density at radius 2 is 0.938 bits per heavy atom. The van der Waals surface area contributed by atoms with Crippen molar-refractivity contribution < 1.29 is 13.3 Å². The Hall–Kier alpha value is 0.0406. The molecule has 8 heteroatoms. The molecule has 0 bridgehead atoms. The molecular formula is C24H46BrClO3Si3-3. The summed E-state index contributed by atoms with van der Waals surface area (Å²) >= 11 is 10.7. The molecule has 0 saturated carbocycles. The van der Waals surface area contributed by atoms with Crippen molar-refractivity contribution in [3.63, 3.8) is 0 Å². The van der Waals surface area contributed by atoms with Crippen LogP contribution in [0.25, 0.3) is 0 Å². The molecule has 0 heterocycles. The van der Waals surface area contributed by atoms with Crippen LogP contribution in [-0.2, 0) is 0 Å². The first-order valence-electron chi connectivity index (χ1n) is 11.4. The molecule has 0 aliphatic rings. The minimum atomic E-state index is -2.17. The number of hydrogen-bond donors (Lipinski definition) is 0. The molecule has 0 aliphatic carbocycles. The summed E-state index contributed by atoms with van der Waals surface area (Å²) in [4.78, 5) is 0. The van der Waals surface area contributed by atoms with Gasteiger partial charge in [-0.05, 0) is 22.0 Å². The Morgan fingerprint density at radius 3 is 1.28 bits per heavy atom. The van der Waals surface area contributed by atoms with E-state index in [9.17, 15) is 0 Å². The van der Waals surface area contributed by atoms with E-state index in [-0.39, 0.29) is 15.1 Å². The van der Waals surface area contributed by atoms with E-state index in [4.69, 9.17) is 24.9 Å². The molecule has 32 heavy (non-hydrogen) atoms. The van der Waals surface area contributed by atoms with Crippen molar-refractivity contribution in [2.75, 3.05) is 0 Å². The van der Waals surface area contributed by atoms with Crippen LogP contribution in [0.4, 0.5) is 0 Å². The Balaban J connectivity index is 3.76. The average molecular weight is 582 g/mol. The van der Waals surface area contributed by atoms with Crippen LogP contribution < -0.4 is 13.3 Å². The van der Waals surface area contributed by atoms with Gasteiger partial charge >= 0.3 is 0 Å². The molecule has 0 fully saturated rings. The van der Waals surface area contributed by atoms with E-state index in [0.717, 1.165) is 10.2 Å². The number of benzene rings is 1. The quantitative estimate of drug-likeness (QED) is 0.313. The van der Waals surface area contributed by atoms with E-state index in [2.05, 4.69) is 118 Å². The highest BCUT2D eigenvalue weighted by atomic mass is 79.9. The minimum absolute atomic E-state index is 0.0312. The molecule has 3 nitrogen and oxygen atoms in total. The van der Waals surface area contributed by atoms with Crippen molar-refractivity contribution >= 4 is 52.5 Å². The third-order valence-electron chi connectivity index (χ3n) is 7.59. The van der Waals surface area contributed by atoms with Gasteiger partial charge in [-0.2, -0.15) is 0 Å². The van der Waals surface area contributed by atoms with Gasteiger partial charge in [0, 0.05) is 25.0 Å². The predicted molar refractivity (Wildman–Crippen MR) is 153 cm³/mol. The van der Waals surface area contributed by atoms with Crippen LogP contribution in [0, 0.1) is 0 Å². The van der Waals surface area contributed by atoms with Crippen molar-refractivity contribution in [1.82, 2.24) is 0 Å². The van der Waals surface area contributed by atoms with E-state index >= 15 is 0 Å². The molecule has 1 rings (SSSR count). The molecule has 0 spiro atoms. The van der Waals surface area contributed by atoms with Crippen LogP contribution in [0.15, 0.2) is 10.5 Å². The van der Waals surface area contributed by atoms with E-state index < -0.39 is 25.0 Å². The zero-order valence-electron chi connectivity index (χ0n) is 23.1. The van der Waals surface area contributed by atoms with E-state index in [0.29, 0.717) is 16.5 Å². The van der Waals surface area contributed by atoms with E-state index in [1.807, 2.05) is 6.07 Å². The van der Waals surface area contributed by atoms with Gasteiger partial charge in [-0.3, -0.25) is 0 Å². The van der Waals surface area contributed by atoms with Gasteiger partial charge in [-0.25, -0.2) is 0 Å². The van der Waals surface area contributed by atoms with Crippen LogP contribution >= 0.6 is 27.5 Å². The van der Waals surface area contributed by atoms with E-state index in [1.165, 1.54) is 0 Å². The summed E-state index contributed by atoms with van der Waals surface area (Å²) in [5.41, 5.74) is 0. The second-order valence-corrected chi connectivity index (χ2v) is 28.8. The maximum atomic E-state index is 6.90. The van der Waals surface area contributed by atoms with Gasteiger partial charge in [0.25, 0.3) is 0 Å². The first-order valence-corrected chi connectivity index (χ1v) is 21.3. The zero-order chi connectivity index (χ0) is 25.7. The smallest absolute Gasteiger partial charge is 0.132 e. The van der Waals surface area contributed by atoms with Crippen molar-refractivity contribution in [1.29, 1.82) is 0 Å². The highest BCUT2D eigenvalue weighted by Crippen LogP contribution is 2.53. The summed E-state index contributed by atoms with van der Waals surface area (Å²) in [6, 6.07) is 1.90. The van der Waals surface area contributed by atoms with Gasteiger partial charge in [0.2, 0.25) is 0 Å². The van der Waals surface area contributed by atoms with Crippen molar-refractivity contribution in [2.24, 2.45) is 0 Å². The van der Waals surface area contributed by atoms with Crippen LogP contribution in [0.2, 0.25) is 59.4 Å². The SMILES string of the molecule is CC(C)(C)[Si-](C)(C)Oc1cc(Cl)c(O[Si-](C)(C)C(C)(C)C)c(O[Si-](C)(C)C(C)(C)C)c1Br. The average Bonchev–Trinajstić information content (AvgIpc) is 2.51. The molecule has 0 radical (unpaired) electrons. The maximum absolute atomic E-state index is 6.90. The molecule has 0 aliphatic heterocycles. The van der Waals surface area contributed by atoms with E-state index in [1.54, 1.807) is 0 Å². The van der Waals surface area contributed by atoms with Gasteiger partial charge in [-0.15, -0.1) is 54.4 Å². The first kappa shape index (κ1) is 30.1. The first-order chi connectivity index (χ1) is 13.8. The second kappa shape index (κ2) is 9.25. The summed E-state index contributed by atoms with van der Waals surface area (Å²) in [7, 11) is -6.39. The third kappa shape index (κ3) is 6.58.